The Morgan fingerprint density at radius 3 is 2.40 bits per heavy atom. The second-order valence-corrected chi connectivity index (χ2v) is 16.5. The average Bonchev–Trinajstić information content (AvgIpc) is 4.14. The molecule has 0 fully saturated rings. The zero-order chi connectivity index (χ0) is 46.7. The molecule has 10 rings (SSSR count). The van der Waals surface area contributed by atoms with Gasteiger partial charge in [0.1, 0.15) is 23.6 Å². The van der Waals surface area contributed by atoms with Crippen LogP contribution in [0, 0.1) is 0 Å². The summed E-state index contributed by atoms with van der Waals surface area (Å²) in [6.07, 6.45) is 15.6. The van der Waals surface area contributed by atoms with Gasteiger partial charge in [-0.2, -0.15) is 25.0 Å². The number of aryl methyl sites for hydroxylation is 2. The van der Waals surface area contributed by atoms with Gasteiger partial charge in [0, 0.05) is 67.1 Å². The van der Waals surface area contributed by atoms with Gasteiger partial charge in [0.15, 0.2) is 6.20 Å². The minimum Gasteiger partial charge on any atom is -0.493 e. The molecule has 6 aromatic heterocycles. The highest BCUT2D eigenvalue weighted by molar-refractivity contribution is 5.96. The number of rotatable bonds is 7. The number of fused-ring (bicyclic) bond motifs is 8. The number of ether oxygens (including phenoxy) is 5. The highest BCUT2D eigenvalue weighted by Gasteiger charge is 2.25. The summed E-state index contributed by atoms with van der Waals surface area (Å²) in [4.78, 5) is 32.9. The fourth-order valence-corrected chi connectivity index (χ4v) is 8.30. The van der Waals surface area contributed by atoms with Crippen LogP contribution in [0.3, 0.4) is 0 Å². The second kappa shape index (κ2) is 19.0. The van der Waals surface area contributed by atoms with Crippen molar-refractivity contribution in [3.63, 3.8) is 0 Å². The Morgan fingerprint density at radius 2 is 1.54 bits per heavy atom. The maximum atomic E-state index is 13.7. The third kappa shape index (κ3) is 8.91. The number of aromatic nitrogens is 10. The lowest BCUT2D eigenvalue weighted by molar-refractivity contribution is -0.703. The molecule has 0 atom stereocenters. The number of esters is 1. The van der Waals surface area contributed by atoms with Crippen LogP contribution in [0.25, 0.3) is 68.6 Å². The molecular weight excluding hydrogens is 869 g/mol. The smallest absolute Gasteiger partial charge is 0.337 e. The SMILES string of the molecule is COC(=O)c1ccc2c(c1)/C=C/c1n[nH]c3c[n+](CN(C)CCNC(=O)c4ccc5c(c4)OCCCOc4c(cnn4C)-c4cc6c(n[nH]c6cn4)/C=C/5)c(cc13)-c1cnn(C)c1COCCO2. The van der Waals surface area contributed by atoms with Crippen LogP contribution >= 0.6 is 0 Å². The van der Waals surface area contributed by atoms with Gasteiger partial charge in [-0.3, -0.25) is 24.7 Å². The van der Waals surface area contributed by atoms with Gasteiger partial charge in [0.05, 0.1) is 97.1 Å². The fourth-order valence-electron chi connectivity index (χ4n) is 8.30. The molecule has 0 spiro atoms. The van der Waals surface area contributed by atoms with Crippen molar-refractivity contribution in [1.29, 1.82) is 0 Å². The predicted molar refractivity (Wildman–Crippen MR) is 252 cm³/mol. The Morgan fingerprint density at radius 1 is 0.794 bits per heavy atom. The van der Waals surface area contributed by atoms with Gasteiger partial charge in [-0.05, 0) is 67.7 Å². The van der Waals surface area contributed by atoms with Gasteiger partial charge in [0.2, 0.25) is 18.2 Å². The summed E-state index contributed by atoms with van der Waals surface area (Å²) in [5.74, 6) is 1.12. The van der Waals surface area contributed by atoms with Gasteiger partial charge >= 0.3 is 5.97 Å². The van der Waals surface area contributed by atoms with Crippen LogP contribution in [0.2, 0.25) is 0 Å². The molecular formula is C49H49N12O7+. The average molecular weight is 918 g/mol. The van der Waals surface area contributed by atoms with E-state index in [0.717, 1.165) is 61.3 Å². The van der Waals surface area contributed by atoms with E-state index in [1.54, 1.807) is 47.4 Å². The summed E-state index contributed by atoms with van der Waals surface area (Å²) in [5.41, 5.74) is 9.65. The molecule has 19 nitrogen and oxygen atoms in total. The van der Waals surface area contributed by atoms with E-state index in [-0.39, 0.29) is 5.91 Å². The maximum Gasteiger partial charge on any atom is 0.337 e. The van der Waals surface area contributed by atoms with E-state index in [4.69, 9.17) is 23.7 Å². The van der Waals surface area contributed by atoms with Crippen LogP contribution in [0.4, 0.5) is 0 Å². The van der Waals surface area contributed by atoms with E-state index in [0.29, 0.717) is 99.0 Å². The summed E-state index contributed by atoms with van der Waals surface area (Å²) in [7, 11) is 7.09. The molecule has 8 aromatic rings. The fraction of sp³-hybridized carbons (Fsp3) is 0.265. The summed E-state index contributed by atoms with van der Waals surface area (Å²) >= 11 is 0. The van der Waals surface area contributed by atoms with Crippen molar-refractivity contribution in [3.8, 4) is 39.9 Å². The van der Waals surface area contributed by atoms with Crippen molar-refractivity contribution < 1.29 is 37.8 Å². The van der Waals surface area contributed by atoms with Crippen molar-refractivity contribution in [2.45, 2.75) is 19.7 Å². The number of likely N-dealkylation sites (N-methyl/N-ethyl adjacent to an activating group) is 1. The molecule has 8 heterocycles. The highest BCUT2D eigenvalue weighted by Crippen LogP contribution is 2.33. The van der Waals surface area contributed by atoms with E-state index in [9.17, 15) is 9.59 Å². The molecule has 2 aliphatic heterocycles. The number of carbonyl (C=O) groups is 2. The van der Waals surface area contributed by atoms with Gasteiger partial charge in [-0.25, -0.2) is 14.4 Å². The number of aromatic amines is 2. The number of nitrogens with one attached hydrogen (secondary N) is 3. The summed E-state index contributed by atoms with van der Waals surface area (Å²) in [6.45, 7) is 3.07. The van der Waals surface area contributed by atoms with Gasteiger partial charge in [0.25, 0.3) is 5.91 Å². The number of carbonyl (C=O) groups excluding carboxylic acids is 2. The Bertz CT molecular complexity index is 3250. The summed E-state index contributed by atoms with van der Waals surface area (Å²) in [6, 6.07) is 14.7. The van der Waals surface area contributed by atoms with Gasteiger partial charge in [-0.15, -0.1) is 0 Å². The Labute approximate surface area is 389 Å². The Kier molecular flexibility index (Phi) is 12.2. The first kappa shape index (κ1) is 43.7. The topological polar surface area (TPSA) is 205 Å². The molecule has 0 radical (unpaired) electrons. The third-order valence-corrected chi connectivity index (χ3v) is 11.9. The first-order valence-corrected chi connectivity index (χ1v) is 22.2. The molecule has 4 bridgehead atoms. The molecule has 0 saturated heterocycles. The zero-order valence-electron chi connectivity index (χ0n) is 38.0. The molecule has 0 saturated carbocycles. The summed E-state index contributed by atoms with van der Waals surface area (Å²) < 4.78 is 35.3. The van der Waals surface area contributed by atoms with Gasteiger partial charge in [-0.1, -0.05) is 6.07 Å². The minimum atomic E-state index is -0.441. The first-order chi connectivity index (χ1) is 33.2. The zero-order valence-corrected chi connectivity index (χ0v) is 38.0. The third-order valence-electron chi connectivity index (χ3n) is 11.9. The van der Waals surface area contributed by atoms with Crippen molar-refractivity contribution in [3.05, 3.63) is 113 Å². The van der Waals surface area contributed by atoms with Crippen LogP contribution in [-0.4, -0.2) is 115 Å². The molecule has 346 valence electrons. The largest absolute Gasteiger partial charge is 0.493 e. The molecule has 1 amide bonds. The minimum absolute atomic E-state index is 0.221. The lowest BCUT2D eigenvalue weighted by Crippen LogP contribution is -2.46. The van der Waals surface area contributed by atoms with Crippen LogP contribution < -0.4 is 24.1 Å². The number of methoxy groups -OCH3 is 1. The van der Waals surface area contributed by atoms with E-state index < -0.39 is 5.97 Å². The maximum absolute atomic E-state index is 13.7. The number of benzene rings is 2. The second-order valence-electron chi connectivity index (χ2n) is 16.5. The number of hydrogen-bond donors (Lipinski definition) is 3. The lowest BCUT2D eigenvalue weighted by atomic mass is 10.1. The molecule has 19 heteroatoms. The lowest BCUT2D eigenvalue weighted by Gasteiger charge is -2.16. The van der Waals surface area contributed by atoms with Crippen molar-refractivity contribution in [2.75, 3.05) is 53.7 Å². The Balaban J connectivity index is 0.862. The standard InChI is InChI=1S/C49H48N12O7/c1-58(15-14-50-47(62)32-7-6-30-8-11-38-34-22-40(51-26-41(34)56-54-38)36-24-53-60(3)48(36)68-17-5-16-66-46(30)21-32)29-61-27-42-35-23-43(61)37-25-52-59(2)44(37)28-65-18-19-67-45-13-10-33(49(63)64-4)20-31(45)9-12-39(35)55-57-42/h6-13,20-27H,5,14-19,28-29H2,1-4H3,(H2,50,51,54,56,62)/p+1/b12-9+. The van der Waals surface area contributed by atoms with Crippen molar-refractivity contribution in [1.82, 2.24) is 55.2 Å². The van der Waals surface area contributed by atoms with E-state index in [2.05, 4.69) is 56.4 Å². The molecule has 0 unspecified atom stereocenters. The molecule has 0 aliphatic carbocycles. The normalized spacial score (nSPS) is 14.8. The van der Waals surface area contributed by atoms with Crippen LogP contribution in [0.1, 0.15) is 55.3 Å². The van der Waals surface area contributed by atoms with Gasteiger partial charge < -0.3 is 29.0 Å². The number of amides is 1. The number of H-pyrrole nitrogens is 2. The number of nitrogens with zero attached hydrogens (tertiary/aromatic N) is 9. The molecule has 3 N–H and O–H groups in total. The first-order valence-electron chi connectivity index (χ1n) is 22.2. The molecule has 68 heavy (non-hydrogen) atoms. The quantitative estimate of drug-likeness (QED) is 0.135. The Hall–Kier alpha value is -8.16. The summed E-state index contributed by atoms with van der Waals surface area (Å²) in [5, 5.41) is 29.4. The predicted octanol–water partition coefficient (Wildman–Crippen LogP) is 5.44. The van der Waals surface area contributed by atoms with Crippen LogP contribution in [0.5, 0.6) is 17.4 Å². The van der Waals surface area contributed by atoms with Crippen LogP contribution in [-0.2, 0) is 36.8 Å². The van der Waals surface area contributed by atoms with Crippen LogP contribution in [0.15, 0.2) is 73.3 Å². The number of hydrogen-bond acceptors (Lipinski definition) is 13. The van der Waals surface area contributed by atoms with E-state index in [1.807, 2.05) is 74.7 Å². The van der Waals surface area contributed by atoms with Crippen molar-refractivity contribution >= 4 is 58.0 Å². The van der Waals surface area contributed by atoms with E-state index in [1.165, 1.54) is 7.11 Å². The van der Waals surface area contributed by atoms with E-state index >= 15 is 0 Å². The monoisotopic (exact) mass is 917 g/mol. The molecule has 2 aliphatic rings. The highest BCUT2D eigenvalue weighted by atomic mass is 16.5. The number of pyridine rings is 2. The molecule has 2 aromatic carbocycles. The van der Waals surface area contributed by atoms with Crippen molar-refractivity contribution in [2.24, 2.45) is 14.1 Å².